The molecule has 1 aliphatic heterocycles. The zero-order chi connectivity index (χ0) is 14.8. The van der Waals surface area contributed by atoms with Gasteiger partial charge in [-0.15, -0.1) is 24.0 Å². The number of nitrogens with one attached hydrogen (secondary N) is 2. The van der Waals surface area contributed by atoms with Crippen LogP contribution in [0.3, 0.4) is 0 Å². The van der Waals surface area contributed by atoms with E-state index in [1.165, 1.54) is 0 Å². The van der Waals surface area contributed by atoms with Crippen LogP contribution in [0.5, 0.6) is 0 Å². The molecule has 124 valence electrons. The second-order valence-corrected chi connectivity index (χ2v) is 5.35. The normalized spacial score (nSPS) is 15.0. The first-order chi connectivity index (χ1) is 9.71. The summed E-state index contributed by atoms with van der Waals surface area (Å²) in [6.07, 6.45) is 4.58. The van der Waals surface area contributed by atoms with Gasteiger partial charge in [0, 0.05) is 26.2 Å². The van der Waals surface area contributed by atoms with Crippen LogP contribution in [0.15, 0.2) is 4.99 Å². The standard InChI is InChI=1S/C15H30N4O.HI/c1-4-13(5-2)11-17-15(16-6-3)18-12-14(20)19-9-7-8-10-19;/h13H,4-12H2,1-3H3,(H2,16,17,18);1H. The molecule has 1 heterocycles. The van der Waals surface area contributed by atoms with Crippen molar-refractivity contribution in [2.24, 2.45) is 10.9 Å². The van der Waals surface area contributed by atoms with Gasteiger partial charge in [0.1, 0.15) is 6.54 Å². The number of rotatable bonds is 7. The SMILES string of the molecule is CCNC(=NCC(=O)N1CCCC1)NCC(CC)CC.I. The highest BCUT2D eigenvalue weighted by Crippen LogP contribution is 2.07. The Kier molecular flexibility index (Phi) is 11.8. The number of carbonyl (C=O) groups is 1. The zero-order valence-electron chi connectivity index (χ0n) is 13.7. The molecule has 0 saturated carbocycles. The first kappa shape index (κ1) is 20.5. The number of amides is 1. The van der Waals surface area contributed by atoms with Gasteiger partial charge in [-0.1, -0.05) is 26.7 Å². The fourth-order valence-electron chi connectivity index (χ4n) is 2.37. The van der Waals surface area contributed by atoms with Gasteiger partial charge < -0.3 is 15.5 Å². The monoisotopic (exact) mass is 410 g/mol. The maximum absolute atomic E-state index is 12.0. The predicted molar refractivity (Wildman–Crippen MR) is 99.3 cm³/mol. The van der Waals surface area contributed by atoms with Crippen molar-refractivity contribution in [1.82, 2.24) is 15.5 Å². The molecule has 0 unspecified atom stereocenters. The Morgan fingerprint density at radius 1 is 1.14 bits per heavy atom. The number of guanidine groups is 1. The van der Waals surface area contributed by atoms with E-state index in [-0.39, 0.29) is 36.4 Å². The summed E-state index contributed by atoms with van der Waals surface area (Å²) in [7, 11) is 0. The summed E-state index contributed by atoms with van der Waals surface area (Å²) in [5.41, 5.74) is 0. The molecular formula is C15H31IN4O. The van der Waals surface area contributed by atoms with Crippen LogP contribution in [0.2, 0.25) is 0 Å². The summed E-state index contributed by atoms with van der Waals surface area (Å²) < 4.78 is 0. The molecule has 0 spiro atoms. The van der Waals surface area contributed by atoms with Crippen LogP contribution >= 0.6 is 24.0 Å². The summed E-state index contributed by atoms with van der Waals surface area (Å²) >= 11 is 0. The molecule has 21 heavy (non-hydrogen) atoms. The van der Waals surface area contributed by atoms with Crippen molar-refractivity contribution in [1.29, 1.82) is 0 Å². The second-order valence-electron chi connectivity index (χ2n) is 5.35. The number of nitrogens with zero attached hydrogens (tertiary/aromatic N) is 2. The van der Waals surface area contributed by atoms with E-state index in [4.69, 9.17) is 0 Å². The van der Waals surface area contributed by atoms with Gasteiger partial charge in [-0.2, -0.15) is 0 Å². The number of hydrogen-bond donors (Lipinski definition) is 2. The van der Waals surface area contributed by atoms with Crippen LogP contribution in [0.25, 0.3) is 0 Å². The van der Waals surface area contributed by atoms with E-state index in [2.05, 4.69) is 29.5 Å². The Hall–Kier alpha value is -0.530. The highest BCUT2D eigenvalue weighted by Gasteiger charge is 2.17. The molecule has 1 amide bonds. The van der Waals surface area contributed by atoms with E-state index in [9.17, 15) is 4.79 Å². The molecular weight excluding hydrogens is 379 g/mol. The number of likely N-dealkylation sites (tertiary alicyclic amines) is 1. The quantitative estimate of drug-likeness (QED) is 0.385. The van der Waals surface area contributed by atoms with Crippen molar-refractivity contribution >= 4 is 35.8 Å². The highest BCUT2D eigenvalue weighted by atomic mass is 127. The van der Waals surface area contributed by atoms with E-state index in [1.807, 2.05) is 11.8 Å². The van der Waals surface area contributed by atoms with E-state index < -0.39 is 0 Å². The first-order valence-corrected chi connectivity index (χ1v) is 8.01. The van der Waals surface area contributed by atoms with E-state index >= 15 is 0 Å². The summed E-state index contributed by atoms with van der Waals surface area (Å²) in [6.45, 7) is 10.2. The van der Waals surface area contributed by atoms with Gasteiger partial charge in [-0.25, -0.2) is 4.99 Å². The summed E-state index contributed by atoms with van der Waals surface area (Å²) in [4.78, 5) is 18.3. The Morgan fingerprint density at radius 3 is 2.29 bits per heavy atom. The lowest BCUT2D eigenvalue weighted by atomic mass is 10.0. The lowest BCUT2D eigenvalue weighted by Crippen LogP contribution is -2.40. The maximum atomic E-state index is 12.0. The largest absolute Gasteiger partial charge is 0.357 e. The summed E-state index contributed by atoms with van der Waals surface area (Å²) in [6, 6.07) is 0. The number of hydrogen-bond acceptors (Lipinski definition) is 2. The number of carbonyl (C=O) groups excluding carboxylic acids is 1. The first-order valence-electron chi connectivity index (χ1n) is 8.01. The molecule has 1 saturated heterocycles. The van der Waals surface area contributed by atoms with Crippen molar-refractivity contribution in [3.8, 4) is 0 Å². The minimum atomic E-state index is 0. The Balaban J connectivity index is 0.00000400. The third-order valence-electron chi connectivity index (χ3n) is 3.89. The number of halogens is 1. The van der Waals surface area contributed by atoms with Crippen molar-refractivity contribution in [2.75, 3.05) is 32.7 Å². The van der Waals surface area contributed by atoms with Gasteiger partial charge in [0.25, 0.3) is 0 Å². The molecule has 2 N–H and O–H groups in total. The minimum absolute atomic E-state index is 0. The Morgan fingerprint density at radius 2 is 1.76 bits per heavy atom. The topological polar surface area (TPSA) is 56.7 Å². The lowest BCUT2D eigenvalue weighted by molar-refractivity contribution is -0.128. The molecule has 6 heteroatoms. The van der Waals surface area contributed by atoms with Crippen LogP contribution < -0.4 is 10.6 Å². The van der Waals surface area contributed by atoms with Gasteiger partial charge in [0.2, 0.25) is 5.91 Å². The van der Waals surface area contributed by atoms with Crippen molar-refractivity contribution in [2.45, 2.75) is 46.5 Å². The predicted octanol–water partition coefficient (Wildman–Crippen LogP) is 2.22. The zero-order valence-corrected chi connectivity index (χ0v) is 16.0. The van der Waals surface area contributed by atoms with Crippen molar-refractivity contribution in [3.63, 3.8) is 0 Å². The van der Waals surface area contributed by atoms with E-state index in [1.54, 1.807) is 0 Å². The van der Waals surface area contributed by atoms with Crippen LogP contribution in [-0.4, -0.2) is 49.5 Å². The summed E-state index contributed by atoms with van der Waals surface area (Å²) in [5, 5.41) is 6.54. The molecule has 0 radical (unpaired) electrons. The van der Waals surface area contributed by atoms with Crippen LogP contribution in [-0.2, 0) is 4.79 Å². The molecule has 0 bridgehead atoms. The van der Waals surface area contributed by atoms with E-state index in [0.29, 0.717) is 5.92 Å². The fraction of sp³-hybridized carbons (Fsp3) is 0.867. The van der Waals surface area contributed by atoms with Crippen LogP contribution in [0.1, 0.15) is 46.5 Å². The van der Waals surface area contributed by atoms with Gasteiger partial charge in [-0.3, -0.25) is 4.79 Å². The smallest absolute Gasteiger partial charge is 0.244 e. The molecule has 0 aliphatic carbocycles. The van der Waals surface area contributed by atoms with Crippen molar-refractivity contribution < 1.29 is 4.79 Å². The van der Waals surface area contributed by atoms with Gasteiger partial charge in [0.05, 0.1) is 0 Å². The molecule has 0 aromatic heterocycles. The average Bonchev–Trinajstić information content (AvgIpc) is 2.99. The third-order valence-corrected chi connectivity index (χ3v) is 3.89. The molecule has 1 rings (SSSR count). The Labute approximate surface area is 146 Å². The molecule has 1 fully saturated rings. The average molecular weight is 410 g/mol. The third kappa shape index (κ3) is 7.87. The second kappa shape index (κ2) is 12.1. The Bertz CT molecular complexity index is 313. The van der Waals surface area contributed by atoms with Gasteiger partial charge >= 0.3 is 0 Å². The highest BCUT2D eigenvalue weighted by molar-refractivity contribution is 14.0. The number of aliphatic imine (C=N–C) groups is 1. The van der Waals surface area contributed by atoms with Crippen molar-refractivity contribution in [3.05, 3.63) is 0 Å². The summed E-state index contributed by atoms with van der Waals surface area (Å²) in [5.74, 6) is 1.56. The van der Waals surface area contributed by atoms with Crippen LogP contribution in [0.4, 0.5) is 0 Å². The van der Waals surface area contributed by atoms with Gasteiger partial charge in [0.15, 0.2) is 5.96 Å². The molecule has 0 aromatic carbocycles. The van der Waals surface area contributed by atoms with E-state index in [0.717, 1.165) is 57.8 Å². The molecule has 1 aliphatic rings. The molecule has 0 atom stereocenters. The molecule has 5 nitrogen and oxygen atoms in total. The van der Waals surface area contributed by atoms with Crippen LogP contribution in [0, 0.1) is 5.92 Å². The molecule has 0 aromatic rings. The van der Waals surface area contributed by atoms with Gasteiger partial charge in [-0.05, 0) is 25.7 Å². The fourth-order valence-corrected chi connectivity index (χ4v) is 2.37. The maximum Gasteiger partial charge on any atom is 0.244 e. The lowest BCUT2D eigenvalue weighted by Gasteiger charge is -2.17. The minimum Gasteiger partial charge on any atom is -0.357 e.